The first-order chi connectivity index (χ1) is 15.9. The van der Waals surface area contributed by atoms with Crippen molar-refractivity contribution < 1.29 is 4.74 Å². The summed E-state index contributed by atoms with van der Waals surface area (Å²) >= 11 is 3.52. The predicted molar refractivity (Wildman–Crippen MR) is 134 cm³/mol. The van der Waals surface area contributed by atoms with Gasteiger partial charge in [-0.05, 0) is 71.4 Å². The first-order valence-corrected chi connectivity index (χ1v) is 12.1. The van der Waals surface area contributed by atoms with E-state index in [-0.39, 0.29) is 0 Å². The van der Waals surface area contributed by atoms with E-state index < -0.39 is 0 Å². The van der Waals surface area contributed by atoms with Crippen LogP contribution in [-0.4, -0.2) is 11.2 Å². The van der Waals surface area contributed by atoms with E-state index >= 15 is 0 Å². The molecule has 3 aromatic heterocycles. The number of rotatable bonds is 8. The number of thiophene rings is 2. The van der Waals surface area contributed by atoms with Gasteiger partial charge in [-0.15, -0.1) is 22.7 Å². The zero-order valence-corrected chi connectivity index (χ0v) is 18.9. The lowest BCUT2D eigenvalue weighted by atomic mass is 10.3. The van der Waals surface area contributed by atoms with E-state index in [1.807, 2.05) is 54.6 Å². The minimum absolute atomic E-state index is 0.580. The molecule has 0 radical (unpaired) electrons. The van der Waals surface area contributed by atoms with Gasteiger partial charge in [0.25, 0.3) is 0 Å². The topological polar surface area (TPSA) is 38.9 Å². The minimum Gasteiger partial charge on any atom is -0.492 e. The predicted octanol–water partition coefficient (Wildman–Crippen LogP) is 8.44. The van der Waals surface area contributed by atoms with Gasteiger partial charge in [0.1, 0.15) is 12.4 Å². The van der Waals surface area contributed by atoms with Crippen LogP contribution in [0.4, 0.5) is 11.4 Å². The Balaban J connectivity index is 1.26. The molecule has 32 heavy (non-hydrogen) atoms. The molecule has 6 heteroatoms. The van der Waals surface area contributed by atoms with Gasteiger partial charge >= 0.3 is 0 Å². The fourth-order valence-corrected chi connectivity index (χ4v) is 4.98. The second kappa shape index (κ2) is 9.77. The van der Waals surface area contributed by atoms with Crippen molar-refractivity contribution in [1.82, 2.24) is 4.57 Å². The highest BCUT2D eigenvalue weighted by atomic mass is 32.1. The van der Waals surface area contributed by atoms with Gasteiger partial charge in [0, 0.05) is 0 Å². The molecule has 0 bridgehead atoms. The van der Waals surface area contributed by atoms with E-state index in [0.29, 0.717) is 6.61 Å². The normalized spacial score (nSPS) is 11.2. The van der Waals surface area contributed by atoms with Crippen LogP contribution in [0.5, 0.6) is 5.75 Å². The largest absolute Gasteiger partial charge is 0.492 e. The summed E-state index contributed by atoms with van der Waals surface area (Å²) < 4.78 is 8.40. The molecule has 0 atom stereocenters. The van der Waals surface area contributed by atoms with Gasteiger partial charge in [-0.1, -0.05) is 30.3 Å². The first-order valence-electron chi connectivity index (χ1n) is 10.3. The van der Waals surface area contributed by atoms with Crippen molar-refractivity contribution in [2.75, 3.05) is 6.61 Å². The number of ether oxygens (including phenoxy) is 1. The van der Waals surface area contributed by atoms with Crippen molar-refractivity contribution in [3.8, 4) is 26.9 Å². The summed E-state index contributed by atoms with van der Waals surface area (Å²) in [4.78, 5) is 2.53. The summed E-state index contributed by atoms with van der Waals surface area (Å²) in [6.07, 6.45) is 0. The van der Waals surface area contributed by atoms with E-state index in [2.05, 4.69) is 62.0 Å². The molecular formula is C26H21N3OS2. The fraction of sp³-hybridized carbons (Fsp3) is 0.0769. The summed E-state index contributed by atoms with van der Waals surface area (Å²) in [6.45, 7) is 1.35. The Kier molecular flexibility index (Phi) is 6.23. The van der Waals surface area contributed by atoms with Crippen molar-refractivity contribution in [1.29, 1.82) is 0 Å². The Bertz CT molecular complexity index is 1220. The Morgan fingerprint density at radius 2 is 1.22 bits per heavy atom. The van der Waals surface area contributed by atoms with Crippen LogP contribution in [-0.2, 0) is 6.54 Å². The molecular weight excluding hydrogens is 434 g/mol. The van der Waals surface area contributed by atoms with Crippen molar-refractivity contribution >= 4 is 34.0 Å². The Labute approximate surface area is 195 Å². The molecule has 0 spiro atoms. The molecule has 0 unspecified atom stereocenters. The number of azo groups is 1. The summed E-state index contributed by atoms with van der Waals surface area (Å²) in [5, 5.41) is 12.8. The lowest BCUT2D eigenvalue weighted by molar-refractivity contribution is 0.300. The molecule has 0 fully saturated rings. The Hall–Kier alpha value is -3.48. The second-order valence-corrected chi connectivity index (χ2v) is 8.98. The molecule has 0 N–H and O–H groups in total. The van der Waals surface area contributed by atoms with Gasteiger partial charge in [0.15, 0.2) is 0 Å². The molecule has 158 valence electrons. The number of benzene rings is 2. The van der Waals surface area contributed by atoms with E-state index in [1.54, 1.807) is 22.7 Å². The SMILES string of the molecule is c1ccc(N=Nc2ccc(OCCn3c(-c4cccs4)ccc3-c3cccs3)cc2)cc1. The summed E-state index contributed by atoms with van der Waals surface area (Å²) in [6, 6.07) is 30.4. The molecule has 4 nitrogen and oxygen atoms in total. The van der Waals surface area contributed by atoms with Crippen LogP contribution in [0.1, 0.15) is 0 Å². The van der Waals surface area contributed by atoms with Crippen molar-refractivity contribution in [2.24, 2.45) is 10.2 Å². The third kappa shape index (κ3) is 4.72. The average molecular weight is 456 g/mol. The Morgan fingerprint density at radius 3 is 1.78 bits per heavy atom. The maximum atomic E-state index is 6.06. The van der Waals surface area contributed by atoms with Crippen LogP contribution >= 0.6 is 22.7 Å². The van der Waals surface area contributed by atoms with Gasteiger partial charge in [-0.3, -0.25) is 0 Å². The monoisotopic (exact) mass is 455 g/mol. The fourth-order valence-electron chi connectivity index (χ4n) is 3.46. The molecule has 0 aliphatic rings. The van der Waals surface area contributed by atoms with Crippen molar-refractivity contribution in [2.45, 2.75) is 6.54 Å². The highest BCUT2D eigenvalue weighted by molar-refractivity contribution is 7.14. The number of nitrogens with zero attached hydrogens (tertiary/aromatic N) is 3. The highest BCUT2D eigenvalue weighted by Gasteiger charge is 2.13. The van der Waals surface area contributed by atoms with E-state index in [4.69, 9.17) is 4.74 Å². The van der Waals surface area contributed by atoms with Crippen LogP contribution in [0, 0.1) is 0 Å². The van der Waals surface area contributed by atoms with Crippen molar-refractivity contribution in [3.05, 3.63) is 102 Å². The zero-order chi connectivity index (χ0) is 21.6. The lowest BCUT2D eigenvalue weighted by Crippen LogP contribution is -2.10. The third-order valence-corrected chi connectivity index (χ3v) is 6.77. The smallest absolute Gasteiger partial charge is 0.119 e. The van der Waals surface area contributed by atoms with E-state index in [1.165, 1.54) is 21.1 Å². The highest BCUT2D eigenvalue weighted by Crippen LogP contribution is 2.33. The van der Waals surface area contributed by atoms with Crippen LogP contribution in [0.3, 0.4) is 0 Å². The van der Waals surface area contributed by atoms with Gasteiger partial charge in [-0.25, -0.2) is 0 Å². The number of hydrogen-bond acceptors (Lipinski definition) is 5. The molecule has 0 saturated carbocycles. The van der Waals surface area contributed by atoms with Gasteiger partial charge in [-0.2, -0.15) is 10.2 Å². The standard InChI is InChI=1S/C26H21N3OS2/c1-2-6-20(7-3-1)27-28-21-10-12-22(13-11-21)30-17-16-29-23(25-8-4-18-31-25)14-15-24(29)26-9-5-19-32-26/h1-15,18-19H,16-17H2. The second-order valence-electron chi connectivity index (χ2n) is 7.09. The van der Waals surface area contributed by atoms with Crippen LogP contribution in [0.2, 0.25) is 0 Å². The first kappa shape index (κ1) is 20.4. The van der Waals surface area contributed by atoms with Crippen LogP contribution < -0.4 is 4.74 Å². The average Bonchev–Trinajstić information content (AvgIpc) is 3.61. The zero-order valence-electron chi connectivity index (χ0n) is 17.3. The summed E-state index contributed by atoms with van der Waals surface area (Å²) in [5.41, 5.74) is 4.08. The van der Waals surface area contributed by atoms with Gasteiger partial charge in [0.05, 0.1) is 39.1 Å². The molecule has 5 aromatic rings. The van der Waals surface area contributed by atoms with E-state index in [0.717, 1.165) is 23.7 Å². The molecule has 3 heterocycles. The summed E-state index contributed by atoms with van der Waals surface area (Å²) in [7, 11) is 0. The molecule has 0 aliphatic heterocycles. The number of aromatic nitrogens is 1. The minimum atomic E-state index is 0.580. The van der Waals surface area contributed by atoms with Gasteiger partial charge in [0.2, 0.25) is 0 Å². The third-order valence-electron chi connectivity index (χ3n) is 4.99. The molecule has 0 amide bonds. The quantitative estimate of drug-likeness (QED) is 0.216. The summed E-state index contributed by atoms with van der Waals surface area (Å²) in [5.74, 6) is 0.825. The van der Waals surface area contributed by atoms with Crippen molar-refractivity contribution in [3.63, 3.8) is 0 Å². The molecule has 0 saturated heterocycles. The van der Waals surface area contributed by atoms with Crippen LogP contribution in [0.15, 0.2) is 112 Å². The van der Waals surface area contributed by atoms with E-state index in [9.17, 15) is 0 Å². The molecule has 2 aromatic carbocycles. The lowest BCUT2D eigenvalue weighted by Gasteiger charge is -2.13. The maximum absolute atomic E-state index is 6.06. The maximum Gasteiger partial charge on any atom is 0.119 e. The molecule has 0 aliphatic carbocycles. The number of hydrogen-bond donors (Lipinski definition) is 0. The van der Waals surface area contributed by atoms with Gasteiger partial charge < -0.3 is 9.30 Å². The molecule has 5 rings (SSSR count). The Morgan fingerprint density at radius 1 is 0.625 bits per heavy atom. The van der Waals surface area contributed by atoms with Crippen LogP contribution in [0.25, 0.3) is 21.1 Å².